The van der Waals surface area contributed by atoms with Crippen LogP contribution in [0.2, 0.25) is 0 Å². The van der Waals surface area contributed by atoms with E-state index in [1.165, 1.54) is 0 Å². The Balaban J connectivity index is 1.63. The van der Waals surface area contributed by atoms with Gasteiger partial charge in [-0.3, -0.25) is 4.79 Å². The SMILES string of the molecule is CCOC(=O)N1CCN(c2cc(C(=O)Nc3ccc(C#N)cc3)ccn2)CC1. The van der Waals surface area contributed by atoms with Gasteiger partial charge in [0.05, 0.1) is 18.2 Å². The number of nitrogens with zero attached hydrogens (tertiary/aromatic N) is 4. The summed E-state index contributed by atoms with van der Waals surface area (Å²) in [5.41, 5.74) is 1.64. The largest absolute Gasteiger partial charge is 0.450 e. The molecule has 1 aliphatic heterocycles. The van der Waals surface area contributed by atoms with Crippen LogP contribution in [0.5, 0.6) is 0 Å². The number of pyridine rings is 1. The molecular formula is C20H21N5O3. The Morgan fingerprint density at radius 2 is 1.89 bits per heavy atom. The van der Waals surface area contributed by atoms with Crippen molar-refractivity contribution in [1.29, 1.82) is 5.26 Å². The molecule has 144 valence electrons. The number of hydrogen-bond acceptors (Lipinski definition) is 6. The van der Waals surface area contributed by atoms with Crippen LogP contribution in [-0.2, 0) is 4.74 Å². The number of hydrogen-bond donors (Lipinski definition) is 1. The van der Waals surface area contributed by atoms with Crippen LogP contribution >= 0.6 is 0 Å². The van der Waals surface area contributed by atoms with Gasteiger partial charge < -0.3 is 19.9 Å². The van der Waals surface area contributed by atoms with Gasteiger partial charge in [0.2, 0.25) is 0 Å². The standard InChI is InChI=1S/C20H21N5O3/c1-2-28-20(27)25-11-9-24(10-12-25)18-13-16(7-8-22-18)19(26)23-17-5-3-15(14-21)4-6-17/h3-8,13H,2,9-12H2,1H3,(H,23,26). The predicted octanol–water partition coefficient (Wildman–Crippen LogP) is 2.48. The minimum atomic E-state index is -0.300. The van der Waals surface area contributed by atoms with Crippen molar-refractivity contribution in [3.63, 3.8) is 0 Å². The molecule has 0 unspecified atom stereocenters. The summed E-state index contributed by atoms with van der Waals surface area (Å²) >= 11 is 0. The fourth-order valence-electron chi connectivity index (χ4n) is 2.90. The van der Waals surface area contributed by atoms with Crippen LogP contribution in [0.1, 0.15) is 22.8 Å². The van der Waals surface area contributed by atoms with E-state index in [2.05, 4.69) is 10.3 Å². The molecule has 0 saturated carbocycles. The van der Waals surface area contributed by atoms with Gasteiger partial charge in [0.15, 0.2) is 0 Å². The van der Waals surface area contributed by atoms with E-state index in [1.807, 2.05) is 11.0 Å². The molecular weight excluding hydrogens is 358 g/mol. The van der Waals surface area contributed by atoms with E-state index in [1.54, 1.807) is 54.4 Å². The van der Waals surface area contributed by atoms with Crippen LogP contribution in [0.15, 0.2) is 42.6 Å². The molecule has 3 rings (SSSR count). The third kappa shape index (κ3) is 4.57. The van der Waals surface area contributed by atoms with Crippen molar-refractivity contribution in [2.75, 3.05) is 43.0 Å². The lowest BCUT2D eigenvalue weighted by Crippen LogP contribution is -2.49. The number of rotatable bonds is 4. The molecule has 1 fully saturated rings. The number of anilines is 2. The molecule has 2 heterocycles. The third-order valence-electron chi connectivity index (χ3n) is 4.41. The number of ether oxygens (including phenoxy) is 1. The number of piperazine rings is 1. The van der Waals surface area contributed by atoms with Crippen molar-refractivity contribution < 1.29 is 14.3 Å². The number of nitriles is 1. The summed E-state index contributed by atoms with van der Waals surface area (Å²) in [6.45, 7) is 4.47. The molecule has 1 aliphatic rings. The molecule has 1 saturated heterocycles. The van der Waals surface area contributed by atoms with E-state index in [9.17, 15) is 9.59 Å². The zero-order valence-corrected chi connectivity index (χ0v) is 15.6. The fourth-order valence-corrected chi connectivity index (χ4v) is 2.90. The van der Waals surface area contributed by atoms with Crippen molar-refractivity contribution in [2.45, 2.75) is 6.92 Å². The zero-order chi connectivity index (χ0) is 19.9. The van der Waals surface area contributed by atoms with Gasteiger partial charge in [-0.15, -0.1) is 0 Å². The van der Waals surface area contributed by atoms with Crippen molar-refractivity contribution in [1.82, 2.24) is 9.88 Å². The predicted molar refractivity (Wildman–Crippen MR) is 104 cm³/mol. The topological polar surface area (TPSA) is 98.6 Å². The molecule has 8 nitrogen and oxygen atoms in total. The highest BCUT2D eigenvalue weighted by Gasteiger charge is 2.23. The molecule has 28 heavy (non-hydrogen) atoms. The molecule has 8 heteroatoms. The Bertz CT molecular complexity index is 883. The molecule has 0 bridgehead atoms. The van der Waals surface area contributed by atoms with Gasteiger partial charge in [0.1, 0.15) is 5.82 Å². The van der Waals surface area contributed by atoms with Crippen LogP contribution in [0.3, 0.4) is 0 Å². The number of benzene rings is 1. The highest BCUT2D eigenvalue weighted by atomic mass is 16.6. The maximum absolute atomic E-state index is 12.5. The average Bonchev–Trinajstić information content (AvgIpc) is 2.74. The van der Waals surface area contributed by atoms with Gasteiger partial charge in [-0.1, -0.05) is 0 Å². The summed E-state index contributed by atoms with van der Waals surface area (Å²) in [6.07, 6.45) is 1.30. The quantitative estimate of drug-likeness (QED) is 0.876. The lowest BCUT2D eigenvalue weighted by molar-refractivity contribution is 0.102. The number of carbonyl (C=O) groups excluding carboxylic acids is 2. The smallest absolute Gasteiger partial charge is 0.409 e. The summed E-state index contributed by atoms with van der Waals surface area (Å²) in [5.74, 6) is 0.439. The number of nitrogens with one attached hydrogen (secondary N) is 1. The van der Waals surface area contributed by atoms with Crippen LogP contribution in [0.4, 0.5) is 16.3 Å². The van der Waals surface area contributed by atoms with E-state index in [0.29, 0.717) is 55.4 Å². The Labute approximate surface area is 163 Å². The first-order chi connectivity index (χ1) is 13.6. The highest BCUT2D eigenvalue weighted by Crippen LogP contribution is 2.17. The first kappa shape index (κ1) is 19.2. The van der Waals surface area contributed by atoms with E-state index >= 15 is 0 Å². The Morgan fingerprint density at radius 1 is 1.18 bits per heavy atom. The number of carbonyl (C=O) groups is 2. The van der Waals surface area contributed by atoms with Gasteiger partial charge in [0.25, 0.3) is 5.91 Å². The van der Waals surface area contributed by atoms with Crippen LogP contribution in [-0.4, -0.2) is 54.7 Å². The average molecular weight is 379 g/mol. The second-order valence-electron chi connectivity index (χ2n) is 6.22. The maximum Gasteiger partial charge on any atom is 0.409 e. The zero-order valence-electron chi connectivity index (χ0n) is 15.6. The Kier molecular flexibility index (Phi) is 6.07. The summed E-state index contributed by atoms with van der Waals surface area (Å²) in [7, 11) is 0. The molecule has 1 aromatic heterocycles. The fraction of sp³-hybridized carbons (Fsp3) is 0.300. The van der Waals surface area contributed by atoms with Crippen LogP contribution in [0.25, 0.3) is 0 Å². The molecule has 2 amide bonds. The summed E-state index contributed by atoms with van der Waals surface area (Å²) in [4.78, 5) is 32.4. The maximum atomic E-state index is 12.5. The van der Waals surface area contributed by atoms with Crippen molar-refractivity contribution in [2.24, 2.45) is 0 Å². The van der Waals surface area contributed by atoms with Gasteiger partial charge in [-0.25, -0.2) is 9.78 Å². The van der Waals surface area contributed by atoms with Gasteiger partial charge in [-0.05, 0) is 43.3 Å². The van der Waals surface area contributed by atoms with Gasteiger partial charge in [-0.2, -0.15) is 5.26 Å². The van der Waals surface area contributed by atoms with Crippen molar-refractivity contribution in [3.8, 4) is 6.07 Å². The third-order valence-corrected chi connectivity index (χ3v) is 4.41. The minimum Gasteiger partial charge on any atom is -0.450 e. The number of amides is 2. The molecule has 0 atom stereocenters. The van der Waals surface area contributed by atoms with E-state index in [4.69, 9.17) is 10.00 Å². The Morgan fingerprint density at radius 3 is 2.54 bits per heavy atom. The second-order valence-corrected chi connectivity index (χ2v) is 6.22. The van der Waals surface area contributed by atoms with Crippen LogP contribution in [0, 0.1) is 11.3 Å². The van der Waals surface area contributed by atoms with E-state index in [-0.39, 0.29) is 12.0 Å². The molecule has 1 aromatic carbocycles. The monoisotopic (exact) mass is 379 g/mol. The molecule has 0 radical (unpaired) electrons. The van der Waals surface area contributed by atoms with Gasteiger partial charge in [0, 0.05) is 43.6 Å². The lowest BCUT2D eigenvalue weighted by atomic mass is 10.2. The minimum absolute atomic E-state index is 0.251. The first-order valence-electron chi connectivity index (χ1n) is 9.05. The second kappa shape index (κ2) is 8.86. The van der Waals surface area contributed by atoms with E-state index in [0.717, 1.165) is 0 Å². The molecule has 2 aromatic rings. The highest BCUT2D eigenvalue weighted by molar-refractivity contribution is 6.04. The van der Waals surface area contributed by atoms with Crippen molar-refractivity contribution in [3.05, 3.63) is 53.7 Å². The molecule has 0 aliphatic carbocycles. The first-order valence-corrected chi connectivity index (χ1v) is 9.05. The Hall–Kier alpha value is -3.60. The summed E-state index contributed by atoms with van der Waals surface area (Å²) in [6, 6.07) is 12.1. The summed E-state index contributed by atoms with van der Waals surface area (Å²) < 4.78 is 5.03. The van der Waals surface area contributed by atoms with Crippen LogP contribution < -0.4 is 10.2 Å². The normalized spacial score (nSPS) is 13.6. The molecule has 1 N–H and O–H groups in total. The summed E-state index contributed by atoms with van der Waals surface area (Å²) in [5, 5.41) is 11.7. The van der Waals surface area contributed by atoms with Gasteiger partial charge >= 0.3 is 6.09 Å². The number of aromatic nitrogens is 1. The van der Waals surface area contributed by atoms with E-state index < -0.39 is 0 Å². The molecule has 0 spiro atoms. The lowest BCUT2D eigenvalue weighted by Gasteiger charge is -2.34. The van der Waals surface area contributed by atoms with Crippen molar-refractivity contribution >= 4 is 23.5 Å².